The van der Waals surface area contributed by atoms with Gasteiger partial charge in [-0.05, 0) is 46.3 Å². The smallest absolute Gasteiger partial charge is 0.268 e. The summed E-state index contributed by atoms with van der Waals surface area (Å²) < 4.78 is 29.3. The predicted molar refractivity (Wildman–Crippen MR) is 124 cm³/mol. The number of aromatic nitrogens is 3. The Balaban J connectivity index is 1.62. The fourth-order valence-corrected chi connectivity index (χ4v) is 6.96. The van der Waals surface area contributed by atoms with Gasteiger partial charge in [-0.2, -0.15) is 0 Å². The monoisotopic (exact) mass is 497 g/mol. The average molecular weight is 498 g/mol. The van der Waals surface area contributed by atoms with Crippen molar-refractivity contribution in [2.75, 3.05) is 0 Å². The van der Waals surface area contributed by atoms with Gasteiger partial charge in [-0.15, -0.1) is 0 Å². The largest absolute Gasteiger partial charge is 0.333 e. The van der Waals surface area contributed by atoms with Gasteiger partial charge in [-0.1, -0.05) is 60.3 Å². The first-order chi connectivity index (χ1) is 14.6. The van der Waals surface area contributed by atoms with Crippen LogP contribution in [-0.2, 0) is 15.8 Å². The van der Waals surface area contributed by atoms with Gasteiger partial charge in [0, 0.05) is 15.6 Å². The van der Waals surface area contributed by atoms with Crippen molar-refractivity contribution in [1.82, 2.24) is 13.9 Å². The van der Waals surface area contributed by atoms with E-state index < -0.39 is 10.0 Å². The number of nitrogens with zero attached hydrogens (tertiary/aromatic N) is 2. The van der Waals surface area contributed by atoms with E-state index in [9.17, 15) is 8.42 Å². The number of aromatic amines is 1. The lowest BCUT2D eigenvalue weighted by atomic mass is 10.2. The molecule has 0 amide bonds. The van der Waals surface area contributed by atoms with Crippen LogP contribution in [0.4, 0.5) is 0 Å². The molecule has 0 saturated carbocycles. The van der Waals surface area contributed by atoms with E-state index >= 15 is 0 Å². The van der Waals surface area contributed by atoms with Crippen LogP contribution >= 0.6 is 27.7 Å². The van der Waals surface area contributed by atoms with E-state index in [0.29, 0.717) is 17.0 Å². The fourth-order valence-electron chi connectivity index (χ4n) is 3.46. The summed E-state index contributed by atoms with van der Waals surface area (Å²) in [6.45, 7) is 0. The number of H-pyrrole nitrogens is 1. The van der Waals surface area contributed by atoms with Crippen LogP contribution in [0.5, 0.6) is 0 Å². The molecular formula is C22H16BrN3O2S2. The first-order valence-electron chi connectivity index (χ1n) is 9.22. The molecule has 0 spiro atoms. The minimum atomic E-state index is -3.76. The molecule has 0 fully saturated rings. The molecule has 0 aliphatic carbocycles. The molecule has 5 nitrogen and oxygen atoms in total. The van der Waals surface area contributed by atoms with Crippen molar-refractivity contribution in [1.29, 1.82) is 0 Å². The number of halogens is 1. The molecule has 0 atom stereocenters. The zero-order chi connectivity index (χ0) is 20.7. The molecule has 8 heteroatoms. The Hall–Kier alpha value is -2.55. The van der Waals surface area contributed by atoms with Crippen LogP contribution < -0.4 is 0 Å². The summed E-state index contributed by atoms with van der Waals surface area (Å²) in [6, 6.07) is 23.8. The van der Waals surface area contributed by atoms with Gasteiger partial charge in [0.15, 0.2) is 5.16 Å². The molecule has 0 aliphatic rings. The van der Waals surface area contributed by atoms with Gasteiger partial charge in [0.05, 0.1) is 27.1 Å². The second-order valence-electron chi connectivity index (χ2n) is 6.71. The number of hydrogen-bond donors (Lipinski definition) is 1. The summed E-state index contributed by atoms with van der Waals surface area (Å²) in [5, 5.41) is 1.61. The molecule has 5 aromatic rings. The van der Waals surface area contributed by atoms with Gasteiger partial charge >= 0.3 is 0 Å². The maximum Gasteiger partial charge on any atom is 0.268 e. The second-order valence-corrected chi connectivity index (χ2v) is 10.3. The first-order valence-corrected chi connectivity index (χ1v) is 12.4. The Morgan fingerprint density at radius 3 is 2.43 bits per heavy atom. The quantitative estimate of drug-likeness (QED) is 0.311. The van der Waals surface area contributed by atoms with Gasteiger partial charge in [0.1, 0.15) is 0 Å². The molecule has 1 N–H and O–H groups in total. The number of benzene rings is 3. The van der Waals surface area contributed by atoms with Crippen molar-refractivity contribution in [3.63, 3.8) is 0 Å². The lowest BCUT2D eigenvalue weighted by Crippen LogP contribution is -2.15. The number of thioether (sulfide) groups is 1. The maximum absolute atomic E-state index is 13.5. The highest BCUT2D eigenvalue weighted by atomic mass is 79.9. The van der Waals surface area contributed by atoms with E-state index in [2.05, 4.69) is 25.9 Å². The summed E-state index contributed by atoms with van der Waals surface area (Å²) >= 11 is 5.12. The topological polar surface area (TPSA) is 67.8 Å². The van der Waals surface area contributed by atoms with Crippen molar-refractivity contribution in [2.45, 2.75) is 15.8 Å². The van der Waals surface area contributed by atoms with Crippen LogP contribution in [0.1, 0.15) is 5.69 Å². The Kier molecular flexibility index (Phi) is 4.92. The SMILES string of the molecule is O=S(=O)(c1ccccc1)n1c(CSc2nc3ccccc3[nH]2)c(Br)c2ccccc21. The van der Waals surface area contributed by atoms with Crippen LogP contribution in [0, 0.1) is 0 Å². The van der Waals surface area contributed by atoms with Crippen molar-refractivity contribution < 1.29 is 8.42 Å². The molecule has 30 heavy (non-hydrogen) atoms. The highest BCUT2D eigenvalue weighted by molar-refractivity contribution is 9.10. The fraction of sp³-hybridized carbons (Fsp3) is 0.0455. The van der Waals surface area contributed by atoms with E-state index in [0.717, 1.165) is 26.0 Å². The normalized spacial score (nSPS) is 12.0. The zero-order valence-electron chi connectivity index (χ0n) is 15.6. The van der Waals surface area contributed by atoms with E-state index in [1.807, 2.05) is 48.5 Å². The average Bonchev–Trinajstić information content (AvgIpc) is 3.32. The van der Waals surface area contributed by atoms with Crippen LogP contribution in [-0.4, -0.2) is 22.4 Å². The van der Waals surface area contributed by atoms with Gasteiger partial charge in [-0.25, -0.2) is 17.4 Å². The molecule has 3 aromatic carbocycles. The summed E-state index contributed by atoms with van der Waals surface area (Å²) in [5.74, 6) is 0.432. The van der Waals surface area contributed by atoms with Crippen molar-refractivity contribution in [3.05, 3.63) is 89.0 Å². The highest BCUT2D eigenvalue weighted by Crippen LogP contribution is 2.37. The van der Waals surface area contributed by atoms with Crippen LogP contribution in [0.15, 0.2) is 93.4 Å². The third kappa shape index (κ3) is 3.25. The van der Waals surface area contributed by atoms with Crippen LogP contribution in [0.2, 0.25) is 0 Å². The van der Waals surface area contributed by atoms with E-state index in [4.69, 9.17) is 0 Å². The third-order valence-electron chi connectivity index (χ3n) is 4.85. The first kappa shape index (κ1) is 19.4. The summed E-state index contributed by atoms with van der Waals surface area (Å²) in [7, 11) is -3.76. The second kappa shape index (κ2) is 7.61. The molecule has 0 bridgehead atoms. The molecule has 0 unspecified atom stereocenters. The molecule has 0 saturated heterocycles. The molecule has 0 aliphatic heterocycles. The predicted octanol–water partition coefficient (Wildman–Crippen LogP) is 5.81. The molecule has 0 radical (unpaired) electrons. The van der Waals surface area contributed by atoms with Crippen LogP contribution in [0.3, 0.4) is 0 Å². The lowest BCUT2D eigenvalue weighted by molar-refractivity contribution is 0.588. The molecule has 150 valence electrons. The number of fused-ring (bicyclic) bond motifs is 2. The lowest BCUT2D eigenvalue weighted by Gasteiger charge is -2.12. The van der Waals surface area contributed by atoms with Gasteiger partial charge in [0.25, 0.3) is 10.0 Å². The highest BCUT2D eigenvalue weighted by Gasteiger charge is 2.26. The number of imidazole rings is 1. The Morgan fingerprint density at radius 2 is 1.63 bits per heavy atom. The van der Waals surface area contributed by atoms with Gasteiger partial charge < -0.3 is 4.98 Å². The molecule has 2 heterocycles. The molecule has 5 rings (SSSR count). The van der Waals surface area contributed by atoms with E-state index in [1.54, 1.807) is 30.3 Å². The van der Waals surface area contributed by atoms with Crippen molar-refractivity contribution >= 4 is 59.7 Å². The zero-order valence-corrected chi connectivity index (χ0v) is 18.8. The number of para-hydroxylation sites is 3. The van der Waals surface area contributed by atoms with Gasteiger partial charge in [-0.3, -0.25) is 0 Å². The van der Waals surface area contributed by atoms with Gasteiger partial charge in [0.2, 0.25) is 0 Å². The van der Waals surface area contributed by atoms with Crippen LogP contribution in [0.25, 0.3) is 21.9 Å². The Bertz CT molecular complexity index is 1440. The Morgan fingerprint density at radius 1 is 0.933 bits per heavy atom. The minimum absolute atomic E-state index is 0.258. The minimum Gasteiger partial charge on any atom is -0.333 e. The third-order valence-corrected chi connectivity index (χ3v) is 8.39. The number of nitrogens with one attached hydrogen (secondary N) is 1. The van der Waals surface area contributed by atoms with Crippen molar-refractivity contribution in [2.24, 2.45) is 0 Å². The number of rotatable bonds is 5. The summed E-state index contributed by atoms with van der Waals surface area (Å²) in [6.07, 6.45) is 0. The standard InChI is InChI=1S/C22H16BrN3O2S2/c23-21-16-10-4-7-13-19(16)26(30(27,28)15-8-2-1-3-9-15)20(21)14-29-22-24-17-11-5-6-12-18(17)25-22/h1-13H,14H2,(H,24,25). The molecular weight excluding hydrogens is 482 g/mol. The van der Waals surface area contributed by atoms with E-state index in [-0.39, 0.29) is 4.90 Å². The maximum atomic E-state index is 13.5. The Labute approximate surface area is 186 Å². The summed E-state index contributed by atoms with van der Waals surface area (Å²) in [4.78, 5) is 8.14. The summed E-state index contributed by atoms with van der Waals surface area (Å²) in [5.41, 5.74) is 3.16. The number of hydrogen-bond acceptors (Lipinski definition) is 4. The van der Waals surface area contributed by atoms with E-state index in [1.165, 1.54) is 15.7 Å². The van der Waals surface area contributed by atoms with Crippen molar-refractivity contribution in [3.8, 4) is 0 Å². The molecule has 2 aromatic heterocycles.